The summed E-state index contributed by atoms with van der Waals surface area (Å²) in [4.78, 5) is 84.7. The third-order valence-electron chi connectivity index (χ3n) is 13.5. The molecule has 6 N–H and O–H groups in total. The number of benzene rings is 4. The standard InChI is InChI=1S/C33H34ClN5O4.C25H32ClN5O4.C3H6/c1-22-17-36-32(37-19-28(23-8-4-2-5-9-23)24-10-6-3-7-11-24)33(42)39(22)20-30(40)35-18-25-16-26(34)12-15-29(25)43-21-31(41)38-27-13-14-27;1-16-12-28-24(30-19-5-3-2-4-6-19)25(34)31(16)14-22(32)27-13-17-11-18(26)7-10-21(17)35-15-23(33)29-20-8-9-20;1-3-2/h2-12,15-17,27-28H,13-14,18-21H2,1H3,(H,35,40)(H,36,37)(H,38,41);7,10-12,19-20H,2-6,8-9,13-15H2,1H3,(H,27,32)(H,28,30)(H,29,33);3H,1H2,2H3. The van der Waals surface area contributed by atoms with Crippen molar-refractivity contribution in [3.05, 3.63) is 187 Å². The van der Waals surface area contributed by atoms with Gasteiger partial charge in [-0.1, -0.05) is 109 Å². The fourth-order valence-corrected chi connectivity index (χ4v) is 9.30. The van der Waals surface area contributed by atoms with E-state index < -0.39 is 0 Å². The molecule has 6 aromatic rings. The number of rotatable bonds is 23. The predicted molar refractivity (Wildman–Crippen MR) is 316 cm³/mol. The summed E-state index contributed by atoms with van der Waals surface area (Å²) < 4.78 is 14.2. The van der Waals surface area contributed by atoms with Gasteiger partial charge in [0.2, 0.25) is 11.8 Å². The lowest BCUT2D eigenvalue weighted by Gasteiger charge is -2.23. The van der Waals surface area contributed by atoms with Crippen molar-refractivity contribution in [3.63, 3.8) is 0 Å². The number of aryl methyl sites for hydroxylation is 2. The predicted octanol–water partition coefficient (Wildman–Crippen LogP) is 8.54. The van der Waals surface area contributed by atoms with Crippen molar-refractivity contribution in [2.45, 2.75) is 129 Å². The largest absolute Gasteiger partial charge is 0.483 e. The van der Waals surface area contributed by atoms with E-state index in [1.165, 1.54) is 15.6 Å². The molecule has 4 amide bonds. The Morgan fingerprint density at radius 1 is 0.617 bits per heavy atom. The summed E-state index contributed by atoms with van der Waals surface area (Å²) in [6, 6.07) is 30.9. The summed E-state index contributed by atoms with van der Waals surface area (Å²) in [6.07, 6.45) is 14.4. The van der Waals surface area contributed by atoms with Crippen LogP contribution in [0.5, 0.6) is 11.5 Å². The lowest BCUT2D eigenvalue weighted by Crippen LogP contribution is -2.36. The zero-order chi connectivity index (χ0) is 57.7. The van der Waals surface area contributed by atoms with Gasteiger partial charge in [0.05, 0.1) is 0 Å². The van der Waals surface area contributed by atoms with Crippen molar-refractivity contribution in [2.24, 2.45) is 0 Å². The Bertz CT molecular complexity index is 3180. The number of hydrogen-bond acceptors (Lipinski definition) is 12. The zero-order valence-corrected chi connectivity index (χ0v) is 47.6. The number of anilines is 2. The van der Waals surface area contributed by atoms with Crippen LogP contribution < -0.4 is 52.5 Å². The second-order valence-electron chi connectivity index (χ2n) is 20.2. The molecule has 3 saturated carbocycles. The van der Waals surface area contributed by atoms with E-state index in [4.69, 9.17) is 32.7 Å². The Morgan fingerprint density at radius 3 is 1.49 bits per heavy atom. The maximum atomic E-state index is 13.4. The molecule has 3 aliphatic rings. The zero-order valence-electron chi connectivity index (χ0n) is 46.1. The molecule has 4 aromatic carbocycles. The van der Waals surface area contributed by atoms with Crippen molar-refractivity contribution < 1.29 is 28.7 Å². The minimum Gasteiger partial charge on any atom is -0.483 e. The highest BCUT2D eigenvalue weighted by Gasteiger charge is 2.25. The van der Waals surface area contributed by atoms with Crippen molar-refractivity contribution in [1.82, 2.24) is 40.4 Å². The molecule has 2 heterocycles. The SMILES string of the molecule is C=CC.Cc1cnc(NC2CCCCC2)c(=O)n1CC(=O)NCc1cc(Cl)ccc1OCC(=O)NC1CC1.Cc1cnc(NCC(c2ccccc2)c2ccccc2)c(=O)n1CC(=O)NCc1cc(Cl)ccc1OCC(=O)NC1CC1. The molecule has 0 atom stereocenters. The molecule has 0 aliphatic heterocycles. The minimum atomic E-state index is -0.386. The molecule has 81 heavy (non-hydrogen) atoms. The van der Waals surface area contributed by atoms with Crippen molar-refractivity contribution >= 4 is 58.5 Å². The van der Waals surface area contributed by atoms with Gasteiger partial charge in [0.1, 0.15) is 24.6 Å². The van der Waals surface area contributed by atoms with E-state index in [0.29, 0.717) is 50.6 Å². The maximum Gasteiger partial charge on any atom is 0.293 e. The average molecular weight is 1140 g/mol. The van der Waals surface area contributed by atoms with Crippen molar-refractivity contribution in [2.75, 3.05) is 30.4 Å². The van der Waals surface area contributed by atoms with E-state index in [1.54, 1.807) is 68.7 Å². The van der Waals surface area contributed by atoms with Gasteiger partial charge in [-0.2, -0.15) is 0 Å². The molecule has 0 radical (unpaired) electrons. The Labute approximate surface area is 482 Å². The molecule has 9 rings (SSSR count). The van der Waals surface area contributed by atoms with Crippen LogP contribution in [0.15, 0.2) is 132 Å². The van der Waals surface area contributed by atoms with Gasteiger partial charge in [0.15, 0.2) is 24.8 Å². The molecule has 0 spiro atoms. The lowest BCUT2D eigenvalue weighted by atomic mass is 9.91. The molecule has 428 valence electrons. The Kier molecular flexibility index (Phi) is 22.9. The first kappa shape index (κ1) is 60.7. The molecule has 0 bridgehead atoms. The van der Waals surface area contributed by atoms with Crippen LogP contribution in [0.1, 0.15) is 104 Å². The van der Waals surface area contributed by atoms with Crippen molar-refractivity contribution in [1.29, 1.82) is 0 Å². The van der Waals surface area contributed by atoms with Crippen LogP contribution in [-0.4, -0.2) is 80.6 Å². The minimum absolute atomic E-state index is 0.00413. The number of halogens is 2. The highest BCUT2D eigenvalue weighted by molar-refractivity contribution is 6.31. The lowest BCUT2D eigenvalue weighted by molar-refractivity contribution is -0.124. The first-order valence-corrected chi connectivity index (χ1v) is 28.2. The van der Waals surface area contributed by atoms with Crippen LogP contribution in [0.25, 0.3) is 0 Å². The van der Waals surface area contributed by atoms with Gasteiger partial charge in [0.25, 0.3) is 22.9 Å². The number of nitrogens with zero attached hydrogens (tertiary/aromatic N) is 4. The first-order valence-electron chi connectivity index (χ1n) is 27.4. The average Bonchev–Trinajstić information content (AvgIpc) is 4.44. The molecule has 2 aromatic heterocycles. The summed E-state index contributed by atoms with van der Waals surface area (Å²) in [5, 5.41) is 18.8. The summed E-state index contributed by atoms with van der Waals surface area (Å²) >= 11 is 12.3. The van der Waals surface area contributed by atoms with Crippen LogP contribution in [0.3, 0.4) is 0 Å². The van der Waals surface area contributed by atoms with Crippen LogP contribution >= 0.6 is 23.2 Å². The van der Waals surface area contributed by atoms with E-state index in [-0.39, 0.29) is 110 Å². The molecular weight excluding hydrogens is 1070 g/mol. The molecule has 0 saturated heterocycles. The number of ether oxygens (including phenoxy) is 2. The normalized spacial score (nSPS) is 13.7. The molecule has 18 nitrogen and oxygen atoms in total. The highest BCUT2D eigenvalue weighted by Crippen LogP contribution is 2.27. The third kappa shape index (κ3) is 19.4. The summed E-state index contributed by atoms with van der Waals surface area (Å²) in [6.45, 7) is 8.87. The smallest absolute Gasteiger partial charge is 0.293 e. The number of aromatic nitrogens is 4. The summed E-state index contributed by atoms with van der Waals surface area (Å²) in [5.74, 6) is 0.299. The van der Waals surface area contributed by atoms with Gasteiger partial charge >= 0.3 is 0 Å². The van der Waals surface area contributed by atoms with E-state index in [1.807, 2.05) is 43.3 Å². The van der Waals surface area contributed by atoms with Gasteiger partial charge in [0, 0.05) is 88.6 Å². The molecule has 3 aliphatic carbocycles. The second kappa shape index (κ2) is 30.6. The Hall–Kier alpha value is -7.96. The van der Waals surface area contributed by atoms with Crippen LogP contribution in [0.2, 0.25) is 10.0 Å². The van der Waals surface area contributed by atoms with Crippen LogP contribution in [0, 0.1) is 13.8 Å². The Morgan fingerprint density at radius 2 is 1.05 bits per heavy atom. The van der Waals surface area contributed by atoms with E-state index >= 15 is 0 Å². The first-order chi connectivity index (χ1) is 39.2. The molecule has 3 fully saturated rings. The fraction of sp³-hybridized carbons (Fsp3) is 0.377. The molecule has 0 unspecified atom stereocenters. The topological polar surface area (TPSA) is 229 Å². The summed E-state index contributed by atoms with van der Waals surface area (Å²) in [5.41, 5.74) is 3.96. The van der Waals surface area contributed by atoms with Crippen LogP contribution in [0.4, 0.5) is 11.6 Å². The maximum absolute atomic E-state index is 13.4. The highest BCUT2D eigenvalue weighted by atomic mass is 35.5. The number of amides is 4. The van der Waals surface area contributed by atoms with Crippen molar-refractivity contribution in [3.8, 4) is 11.5 Å². The monoisotopic (exact) mass is 1140 g/mol. The Balaban J connectivity index is 0.000000227. The fourth-order valence-electron chi connectivity index (χ4n) is 8.91. The number of allylic oxidation sites excluding steroid dienone is 1. The van der Waals surface area contributed by atoms with Gasteiger partial charge in [-0.05, 0) is 107 Å². The molecule has 20 heteroatoms. The van der Waals surface area contributed by atoms with E-state index in [9.17, 15) is 28.8 Å². The van der Waals surface area contributed by atoms with Gasteiger partial charge in [-0.15, -0.1) is 6.58 Å². The number of carbonyl (C=O) groups excluding carboxylic acids is 4. The quantitative estimate of drug-likeness (QED) is 0.0332. The van der Waals surface area contributed by atoms with Crippen LogP contribution in [-0.2, 0) is 45.4 Å². The third-order valence-corrected chi connectivity index (χ3v) is 14.0. The van der Waals surface area contributed by atoms with E-state index in [2.05, 4.69) is 72.7 Å². The number of hydrogen-bond donors (Lipinski definition) is 6. The number of carbonyl (C=O) groups is 4. The second-order valence-corrected chi connectivity index (χ2v) is 21.1. The van der Waals surface area contributed by atoms with Gasteiger partial charge in [-0.3, -0.25) is 37.9 Å². The van der Waals surface area contributed by atoms with E-state index in [0.717, 1.165) is 62.5 Å². The number of nitrogens with one attached hydrogen (secondary N) is 6. The van der Waals surface area contributed by atoms with Gasteiger partial charge < -0.3 is 41.4 Å². The summed E-state index contributed by atoms with van der Waals surface area (Å²) in [7, 11) is 0. The molecular formula is C61H72Cl2N10O8. The van der Waals surface area contributed by atoms with Gasteiger partial charge in [-0.25, -0.2) is 9.97 Å².